The summed E-state index contributed by atoms with van der Waals surface area (Å²) in [7, 11) is 0. The highest BCUT2D eigenvalue weighted by Gasteiger charge is 2.30. The first kappa shape index (κ1) is 15.4. The lowest BCUT2D eigenvalue weighted by Gasteiger charge is -2.40. The van der Waals surface area contributed by atoms with Gasteiger partial charge in [0, 0.05) is 6.04 Å². The molecule has 0 spiro atoms. The van der Waals surface area contributed by atoms with Crippen LogP contribution in [0.3, 0.4) is 0 Å². The fourth-order valence-corrected chi connectivity index (χ4v) is 3.71. The Labute approximate surface area is 123 Å². The van der Waals surface area contributed by atoms with Gasteiger partial charge in [-0.15, -0.1) is 0 Å². The summed E-state index contributed by atoms with van der Waals surface area (Å²) < 4.78 is 0. The van der Waals surface area contributed by atoms with Crippen molar-refractivity contribution >= 4 is 0 Å². The number of hydrogen-bond donors (Lipinski definition) is 1. The fraction of sp³-hybridized carbons (Fsp3) is 0.667. The predicted octanol–water partition coefficient (Wildman–Crippen LogP) is 4.54. The van der Waals surface area contributed by atoms with Crippen molar-refractivity contribution < 1.29 is 5.11 Å². The minimum Gasteiger partial charge on any atom is -0.508 e. The van der Waals surface area contributed by atoms with E-state index < -0.39 is 0 Å². The Hall–Kier alpha value is -1.02. The lowest BCUT2D eigenvalue weighted by atomic mass is 9.79. The van der Waals surface area contributed by atoms with Gasteiger partial charge in [0.2, 0.25) is 0 Å². The zero-order valence-electron chi connectivity index (χ0n) is 13.0. The van der Waals surface area contributed by atoms with Crippen LogP contribution in [0.2, 0.25) is 0 Å². The van der Waals surface area contributed by atoms with E-state index in [-0.39, 0.29) is 0 Å². The van der Waals surface area contributed by atoms with E-state index in [0.717, 1.165) is 0 Å². The minimum absolute atomic E-state index is 0.407. The van der Waals surface area contributed by atoms with Crippen LogP contribution >= 0.6 is 0 Å². The molecule has 1 aliphatic carbocycles. The average Bonchev–Trinajstić information content (AvgIpc) is 2.47. The summed E-state index contributed by atoms with van der Waals surface area (Å²) in [6.07, 6.45) is 7.69. The highest BCUT2D eigenvalue weighted by atomic mass is 16.3. The van der Waals surface area contributed by atoms with Crippen molar-refractivity contribution in [2.24, 2.45) is 0 Å². The molecule has 112 valence electrons. The maximum atomic E-state index is 9.76. The van der Waals surface area contributed by atoms with Gasteiger partial charge < -0.3 is 5.11 Å². The van der Waals surface area contributed by atoms with Crippen molar-refractivity contribution in [3.8, 4) is 5.75 Å². The first-order chi connectivity index (χ1) is 9.76. The zero-order valence-corrected chi connectivity index (χ0v) is 13.0. The van der Waals surface area contributed by atoms with Crippen molar-refractivity contribution in [3.63, 3.8) is 0 Å². The topological polar surface area (TPSA) is 23.5 Å². The van der Waals surface area contributed by atoms with Crippen molar-refractivity contribution in [2.75, 3.05) is 13.1 Å². The molecule has 0 aliphatic heterocycles. The molecule has 1 fully saturated rings. The van der Waals surface area contributed by atoms with E-state index in [1.807, 2.05) is 12.1 Å². The second-order valence-electron chi connectivity index (χ2n) is 6.09. The highest BCUT2D eigenvalue weighted by molar-refractivity contribution is 5.31. The van der Waals surface area contributed by atoms with Crippen LogP contribution in [-0.4, -0.2) is 29.1 Å². The van der Waals surface area contributed by atoms with E-state index in [1.165, 1.54) is 57.2 Å². The Morgan fingerprint density at radius 2 is 1.80 bits per heavy atom. The molecule has 1 aromatic rings. The van der Waals surface area contributed by atoms with Crippen LogP contribution in [0.5, 0.6) is 5.75 Å². The fourth-order valence-electron chi connectivity index (χ4n) is 3.71. The zero-order chi connectivity index (χ0) is 14.4. The summed E-state index contributed by atoms with van der Waals surface area (Å²) in [5.74, 6) is 0.998. The molecule has 2 nitrogen and oxygen atoms in total. The van der Waals surface area contributed by atoms with Crippen LogP contribution in [0.15, 0.2) is 24.3 Å². The van der Waals surface area contributed by atoms with Gasteiger partial charge in [0.05, 0.1) is 0 Å². The molecular formula is C18H29NO. The third kappa shape index (κ3) is 3.76. The monoisotopic (exact) mass is 275 g/mol. The highest BCUT2D eigenvalue weighted by Crippen LogP contribution is 2.37. The molecular weight excluding hydrogens is 246 g/mol. The normalized spacial score (nSPS) is 23.1. The number of hydrogen-bond acceptors (Lipinski definition) is 2. The van der Waals surface area contributed by atoms with Gasteiger partial charge in [-0.25, -0.2) is 0 Å². The van der Waals surface area contributed by atoms with E-state index in [9.17, 15) is 5.11 Å². The smallest absolute Gasteiger partial charge is 0.115 e. The number of aromatic hydroxyl groups is 1. The molecule has 2 rings (SSSR count). The van der Waals surface area contributed by atoms with Crippen molar-refractivity contribution in [3.05, 3.63) is 29.8 Å². The largest absolute Gasteiger partial charge is 0.508 e. The van der Waals surface area contributed by atoms with Gasteiger partial charge in [0.1, 0.15) is 5.75 Å². The quantitative estimate of drug-likeness (QED) is 0.824. The second-order valence-corrected chi connectivity index (χ2v) is 6.09. The summed E-state index contributed by atoms with van der Waals surface area (Å²) in [6, 6.07) is 8.58. The number of phenolic OH excluding ortho intramolecular Hbond substituents is 1. The molecule has 2 atom stereocenters. The molecule has 0 radical (unpaired) electrons. The Morgan fingerprint density at radius 3 is 2.45 bits per heavy atom. The Balaban J connectivity index is 2.19. The molecule has 0 bridgehead atoms. The van der Waals surface area contributed by atoms with Gasteiger partial charge in [-0.1, -0.05) is 38.8 Å². The molecule has 1 aliphatic rings. The number of benzene rings is 1. The average molecular weight is 275 g/mol. The maximum absolute atomic E-state index is 9.76. The van der Waals surface area contributed by atoms with E-state index in [2.05, 4.69) is 24.8 Å². The van der Waals surface area contributed by atoms with Gasteiger partial charge in [-0.2, -0.15) is 0 Å². The van der Waals surface area contributed by atoms with Crippen LogP contribution in [0.25, 0.3) is 0 Å². The predicted molar refractivity (Wildman–Crippen MR) is 85.3 cm³/mol. The number of nitrogens with zero attached hydrogens (tertiary/aromatic N) is 1. The Morgan fingerprint density at radius 1 is 1.10 bits per heavy atom. The van der Waals surface area contributed by atoms with Gasteiger partial charge in [-0.05, 0) is 62.4 Å². The van der Waals surface area contributed by atoms with Gasteiger partial charge in [0.15, 0.2) is 0 Å². The first-order valence-electron chi connectivity index (χ1n) is 8.29. The van der Waals surface area contributed by atoms with E-state index in [1.54, 1.807) is 6.07 Å². The molecule has 0 saturated heterocycles. The van der Waals surface area contributed by atoms with Crippen molar-refractivity contribution in [1.29, 1.82) is 0 Å². The lowest BCUT2D eigenvalue weighted by molar-refractivity contribution is 0.135. The summed E-state index contributed by atoms with van der Waals surface area (Å²) in [6.45, 7) is 6.95. The Kier molecular flexibility index (Phi) is 5.90. The second kappa shape index (κ2) is 7.68. The van der Waals surface area contributed by atoms with Crippen LogP contribution in [0.4, 0.5) is 0 Å². The van der Waals surface area contributed by atoms with Crippen molar-refractivity contribution in [2.45, 2.75) is 64.3 Å². The van der Waals surface area contributed by atoms with Gasteiger partial charge >= 0.3 is 0 Å². The van der Waals surface area contributed by atoms with Gasteiger partial charge in [-0.3, -0.25) is 4.90 Å². The summed E-state index contributed by atoms with van der Waals surface area (Å²) in [4.78, 5) is 2.69. The lowest BCUT2D eigenvalue weighted by Crippen LogP contribution is -2.42. The maximum Gasteiger partial charge on any atom is 0.115 e. The third-order valence-corrected chi connectivity index (χ3v) is 4.52. The number of phenols is 1. The van der Waals surface area contributed by atoms with Crippen LogP contribution < -0.4 is 0 Å². The molecule has 2 heteroatoms. The molecule has 1 aromatic carbocycles. The first-order valence-corrected chi connectivity index (χ1v) is 8.29. The Bertz CT molecular complexity index is 398. The number of rotatable bonds is 6. The van der Waals surface area contributed by atoms with Gasteiger partial charge in [0.25, 0.3) is 0 Å². The standard InChI is InChI=1S/C18H29NO/c1-3-12-19(13-4-2)18-11-6-5-10-17(18)15-8-7-9-16(20)14-15/h7-9,14,17-18,20H,3-6,10-13H2,1-2H3/t17-,18+/m1/s1. The molecule has 1 N–H and O–H groups in total. The van der Waals surface area contributed by atoms with Crippen LogP contribution in [0.1, 0.15) is 63.9 Å². The molecule has 1 saturated carbocycles. The van der Waals surface area contributed by atoms with Crippen molar-refractivity contribution in [1.82, 2.24) is 4.90 Å². The van der Waals surface area contributed by atoms with Crippen LogP contribution in [-0.2, 0) is 0 Å². The molecule has 0 amide bonds. The summed E-state index contributed by atoms with van der Waals surface area (Å²) in [5.41, 5.74) is 1.33. The SMILES string of the molecule is CCCN(CCC)[C@H]1CCCC[C@@H]1c1cccc(O)c1. The molecule has 0 heterocycles. The molecule has 0 unspecified atom stereocenters. The third-order valence-electron chi connectivity index (χ3n) is 4.52. The van der Waals surface area contributed by atoms with Crippen LogP contribution in [0, 0.1) is 0 Å². The summed E-state index contributed by atoms with van der Waals surface area (Å²) >= 11 is 0. The van der Waals surface area contributed by atoms with E-state index >= 15 is 0 Å². The molecule has 0 aromatic heterocycles. The minimum atomic E-state index is 0.407. The van der Waals surface area contributed by atoms with E-state index in [0.29, 0.717) is 17.7 Å². The molecule has 20 heavy (non-hydrogen) atoms. The van der Waals surface area contributed by atoms with E-state index in [4.69, 9.17) is 0 Å². The summed E-state index contributed by atoms with van der Waals surface area (Å²) in [5, 5.41) is 9.76.